The van der Waals surface area contributed by atoms with E-state index in [2.05, 4.69) is 16.0 Å². The largest absolute Gasteiger partial charge is 0.331 e. The Morgan fingerprint density at radius 3 is 2.38 bits per heavy atom. The molecule has 0 saturated heterocycles. The summed E-state index contributed by atoms with van der Waals surface area (Å²) in [4.78, 5) is 24.2. The van der Waals surface area contributed by atoms with Crippen LogP contribution >= 0.6 is 11.6 Å². The average Bonchev–Trinajstić information content (AvgIpc) is 2.57. The van der Waals surface area contributed by atoms with Gasteiger partial charge in [-0.2, -0.15) is 0 Å². The van der Waals surface area contributed by atoms with E-state index >= 15 is 0 Å². The Morgan fingerprint density at radius 2 is 1.73 bits per heavy atom. The number of benzene rings is 2. The second kappa shape index (κ2) is 8.72. The van der Waals surface area contributed by atoms with E-state index in [0.29, 0.717) is 16.4 Å². The molecule has 3 N–H and O–H groups in total. The fourth-order valence-corrected chi connectivity index (χ4v) is 2.53. The summed E-state index contributed by atoms with van der Waals surface area (Å²) in [6.07, 6.45) is 0. The fourth-order valence-electron chi connectivity index (χ4n) is 2.34. The molecule has 0 aliphatic carbocycles. The maximum absolute atomic E-state index is 12.3. The van der Waals surface area contributed by atoms with Gasteiger partial charge in [-0.3, -0.25) is 4.79 Å². The van der Waals surface area contributed by atoms with Gasteiger partial charge >= 0.3 is 6.03 Å². The zero-order valence-electron chi connectivity index (χ0n) is 15.4. The minimum Gasteiger partial charge on any atom is -0.331 e. The highest BCUT2D eigenvalue weighted by molar-refractivity contribution is 6.30. The SMILES string of the molecule is Cc1ccc(NC(=O)C(C)C)cc1NC(=O)NC(C)c1cccc(Cl)c1. The number of anilines is 2. The van der Waals surface area contributed by atoms with E-state index in [-0.39, 0.29) is 23.9 Å². The van der Waals surface area contributed by atoms with E-state index in [9.17, 15) is 9.59 Å². The third kappa shape index (κ3) is 5.49. The number of hydrogen-bond acceptors (Lipinski definition) is 2. The number of carbonyl (C=O) groups is 2. The molecule has 2 aromatic carbocycles. The van der Waals surface area contributed by atoms with Crippen molar-refractivity contribution in [3.05, 3.63) is 58.6 Å². The van der Waals surface area contributed by atoms with Crippen molar-refractivity contribution in [3.8, 4) is 0 Å². The van der Waals surface area contributed by atoms with Crippen molar-refractivity contribution in [1.82, 2.24) is 5.32 Å². The highest BCUT2D eigenvalue weighted by atomic mass is 35.5. The molecule has 2 rings (SSSR count). The van der Waals surface area contributed by atoms with Crippen LogP contribution in [-0.2, 0) is 4.79 Å². The standard InChI is InChI=1S/C20H24ClN3O2/c1-12(2)19(25)23-17-9-8-13(3)18(11-17)24-20(26)22-14(4)15-6-5-7-16(21)10-15/h5-12,14H,1-4H3,(H,23,25)(H2,22,24,26). The summed E-state index contributed by atoms with van der Waals surface area (Å²) in [7, 11) is 0. The van der Waals surface area contributed by atoms with Gasteiger partial charge in [-0.15, -0.1) is 0 Å². The van der Waals surface area contributed by atoms with Gasteiger partial charge in [-0.1, -0.05) is 43.6 Å². The smallest absolute Gasteiger partial charge is 0.319 e. The topological polar surface area (TPSA) is 70.2 Å². The first-order valence-electron chi connectivity index (χ1n) is 8.50. The number of nitrogens with one attached hydrogen (secondary N) is 3. The van der Waals surface area contributed by atoms with Crippen LogP contribution in [0.5, 0.6) is 0 Å². The zero-order valence-corrected chi connectivity index (χ0v) is 16.1. The van der Waals surface area contributed by atoms with Crippen molar-refractivity contribution >= 4 is 34.9 Å². The number of urea groups is 1. The lowest BCUT2D eigenvalue weighted by Gasteiger charge is -2.17. The van der Waals surface area contributed by atoms with Crippen molar-refractivity contribution in [2.75, 3.05) is 10.6 Å². The molecular weight excluding hydrogens is 350 g/mol. The molecule has 26 heavy (non-hydrogen) atoms. The Kier molecular flexibility index (Phi) is 6.64. The van der Waals surface area contributed by atoms with Crippen LogP contribution in [0.15, 0.2) is 42.5 Å². The van der Waals surface area contributed by atoms with E-state index in [1.165, 1.54) is 0 Å². The third-order valence-corrected chi connectivity index (χ3v) is 4.21. The summed E-state index contributed by atoms with van der Waals surface area (Å²) >= 11 is 5.99. The second-order valence-corrected chi connectivity index (χ2v) is 6.99. The summed E-state index contributed by atoms with van der Waals surface area (Å²) < 4.78 is 0. The Bertz CT molecular complexity index is 805. The first-order chi connectivity index (χ1) is 12.3. The van der Waals surface area contributed by atoms with Gasteiger partial charge in [0.1, 0.15) is 0 Å². The minimum absolute atomic E-state index is 0.0705. The van der Waals surface area contributed by atoms with E-state index < -0.39 is 0 Å². The predicted octanol–water partition coefficient (Wildman–Crippen LogP) is 5.13. The molecule has 1 unspecified atom stereocenters. The van der Waals surface area contributed by atoms with E-state index in [0.717, 1.165) is 11.1 Å². The molecule has 6 heteroatoms. The number of rotatable bonds is 5. The van der Waals surface area contributed by atoms with Crippen LogP contribution < -0.4 is 16.0 Å². The average molecular weight is 374 g/mol. The van der Waals surface area contributed by atoms with Crippen LogP contribution in [0.4, 0.5) is 16.2 Å². The van der Waals surface area contributed by atoms with Crippen LogP contribution in [0.3, 0.4) is 0 Å². The van der Waals surface area contributed by atoms with Gasteiger partial charge in [0.2, 0.25) is 5.91 Å². The first kappa shape index (κ1) is 19.8. The molecule has 1 atom stereocenters. The zero-order chi connectivity index (χ0) is 19.3. The molecule has 3 amide bonds. The summed E-state index contributed by atoms with van der Waals surface area (Å²) in [5, 5.41) is 9.17. The van der Waals surface area contributed by atoms with Gasteiger partial charge in [0.25, 0.3) is 0 Å². The Balaban J connectivity index is 2.05. The molecule has 0 bridgehead atoms. The number of carbonyl (C=O) groups excluding carboxylic acids is 2. The van der Waals surface area contributed by atoms with Crippen molar-refractivity contribution in [2.24, 2.45) is 5.92 Å². The summed E-state index contributed by atoms with van der Waals surface area (Å²) in [5.41, 5.74) is 3.11. The number of aryl methyl sites for hydroxylation is 1. The van der Waals surface area contributed by atoms with Crippen LogP contribution in [0.1, 0.15) is 37.9 Å². The lowest BCUT2D eigenvalue weighted by Crippen LogP contribution is -2.31. The summed E-state index contributed by atoms with van der Waals surface area (Å²) in [6, 6.07) is 12.3. The molecular formula is C20H24ClN3O2. The lowest BCUT2D eigenvalue weighted by molar-refractivity contribution is -0.118. The molecule has 0 spiro atoms. The number of hydrogen-bond donors (Lipinski definition) is 3. The highest BCUT2D eigenvalue weighted by Gasteiger charge is 2.12. The minimum atomic E-state index is -0.326. The summed E-state index contributed by atoms with van der Waals surface area (Å²) in [5.74, 6) is -0.187. The van der Waals surface area contributed by atoms with Crippen molar-refractivity contribution < 1.29 is 9.59 Å². The highest BCUT2D eigenvalue weighted by Crippen LogP contribution is 2.22. The first-order valence-corrected chi connectivity index (χ1v) is 8.88. The molecule has 138 valence electrons. The lowest BCUT2D eigenvalue weighted by atomic mass is 10.1. The van der Waals surface area contributed by atoms with Gasteiger partial charge in [-0.25, -0.2) is 4.79 Å². The third-order valence-electron chi connectivity index (χ3n) is 3.97. The van der Waals surface area contributed by atoms with E-state index in [1.54, 1.807) is 12.1 Å². The molecule has 0 aromatic heterocycles. The van der Waals surface area contributed by atoms with Gasteiger partial charge < -0.3 is 16.0 Å². The molecule has 0 radical (unpaired) electrons. The molecule has 0 aliphatic heterocycles. The van der Waals surface area contributed by atoms with Crippen molar-refractivity contribution in [3.63, 3.8) is 0 Å². The molecule has 0 aliphatic rings. The quantitative estimate of drug-likeness (QED) is 0.680. The maximum atomic E-state index is 12.3. The van der Waals surface area contributed by atoms with Gasteiger partial charge in [0.15, 0.2) is 0 Å². The Morgan fingerprint density at radius 1 is 1.00 bits per heavy atom. The van der Waals surface area contributed by atoms with Crippen LogP contribution in [0.2, 0.25) is 5.02 Å². The normalized spacial score (nSPS) is 11.8. The van der Waals surface area contributed by atoms with E-state index in [4.69, 9.17) is 11.6 Å². The summed E-state index contributed by atoms with van der Waals surface area (Å²) in [6.45, 7) is 7.43. The van der Waals surface area contributed by atoms with Gasteiger partial charge in [0.05, 0.1) is 6.04 Å². The number of amides is 3. The van der Waals surface area contributed by atoms with E-state index in [1.807, 2.05) is 58.0 Å². The van der Waals surface area contributed by atoms with Crippen LogP contribution in [-0.4, -0.2) is 11.9 Å². The van der Waals surface area contributed by atoms with Gasteiger partial charge in [0, 0.05) is 22.3 Å². The van der Waals surface area contributed by atoms with Crippen LogP contribution in [0.25, 0.3) is 0 Å². The monoisotopic (exact) mass is 373 g/mol. The fraction of sp³-hybridized carbons (Fsp3) is 0.300. The van der Waals surface area contributed by atoms with Crippen molar-refractivity contribution in [2.45, 2.75) is 33.7 Å². The second-order valence-electron chi connectivity index (χ2n) is 6.55. The Hall–Kier alpha value is -2.53. The van der Waals surface area contributed by atoms with Gasteiger partial charge in [-0.05, 0) is 49.2 Å². The number of halogens is 1. The predicted molar refractivity (Wildman–Crippen MR) is 107 cm³/mol. The molecule has 0 fully saturated rings. The van der Waals surface area contributed by atoms with Crippen molar-refractivity contribution in [1.29, 1.82) is 0 Å². The maximum Gasteiger partial charge on any atom is 0.319 e. The molecule has 0 heterocycles. The Labute approximate surface area is 159 Å². The molecule has 0 saturated carbocycles. The van der Waals surface area contributed by atoms with Crippen LogP contribution in [0, 0.1) is 12.8 Å². The molecule has 2 aromatic rings. The molecule has 5 nitrogen and oxygen atoms in total.